The van der Waals surface area contributed by atoms with Gasteiger partial charge in [-0.2, -0.15) is 0 Å². The molecule has 3 aromatic carbocycles. The molecule has 1 unspecified atom stereocenters. The zero-order chi connectivity index (χ0) is 29.6. The molecule has 2 aliphatic rings. The maximum absolute atomic E-state index is 14.3. The van der Waals surface area contributed by atoms with E-state index in [1.54, 1.807) is 60.7 Å². The first-order valence-electron chi connectivity index (χ1n) is 13.1. The van der Waals surface area contributed by atoms with Gasteiger partial charge in [0.2, 0.25) is 9.84 Å². The molecule has 3 N–H and O–H groups in total. The Morgan fingerprint density at radius 2 is 1.76 bits per heavy atom. The van der Waals surface area contributed by atoms with E-state index in [-0.39, 0.29) is 19.8 Å². The number of amides is 1. The van der Waals surface area contributed by atoms with Gasteiger partial charge in [-0.05, 0) is 60.9 Å². The number of Topliss-reactive ketones (excluding diaryl/α,β-unsaturated/α-hetero) is 1. The van der Waals surface area contributed by atoms with Crippen molar-refractivity contribution in [2.75, 3.05) is 28.6 Å². The first-order chi connectivity index (χ1) is 20.2. The lowest BCUT2D eigenvalue weighted by atomic mass is 9.92. The van der Waals surface area contributed by atoms with Crippen molar-refractivity contribution in [3.8, 4) is 0 Å². The van der Waals surface area contributed by atoms with E-state index in [1.807, 2.05) is 0 Å². The van der Waals surface area contributed by atoms with Crippen molar-refractivity contribution >= 4 is 61.0 Å². The molecule has 6 rings (SSSR count). The summed E-state index contributed by atoms with van der Waals surface area (Å²) in [6, 6.07) is 18.3. The smallest absolute Gasteiger partial charge is 0.296 e. The average Bonchev–Trinajstić information content (AvgIpc) is 3.74. The van der Waals surface area contributed by atoms with Gasteiger partial charge in [0, 0.05) is 35.1 Å². The van der Waals surface area contributed by atoms with E-state index in [0.717, 1.165) is 42.2 Å². The summed E-state index contributed by atoms with van der Waals surface area (Å²) in [5.41, 5.74) is 7.77. The van der Waals surface area contributed by atoms with E-state index in [9.17, 15) is 23.1 Å². The number of benzene rings is 3. The number of aliphatic hydroxyl groups excluding tert-OH is 1. The molecule has 1 saturated heterocycles. The van der Waals surface area contributed by atoms with Crippen molar-refractivity contribution in [3.63, 3.8) is 0 Å². The van der Waals surface area contributed by atoms with Gasteiger partial charge in [-0.15, -0.1) is 0 Å². The van der Waals surface area contributed by atoms with Crippen molar-refractivity contribution in [1.82, 2.24) is 4.98 Å². The van der Waals surface area contributed by atoms with Crippen molar-refractivity contribution in [2.45, 2.75) is 28.0 Å². The number of thiazole rings is 1. The number of halogens is 1. The molecule has 9 nitrogen and oxygen atoms in total. The van der Waals surface area contributed by atoms with Crippen LogP contribution in [0, 0.1) is 0 Å². The second kappa shape index (κ2) is 10.9. The standard InChI is InChI=1S/C30H25ClN4O5S2/c31-19-8-6-7-18(15-19)26-25(27(36)22-12-11-20(32)16-23(22)34-13-4-5-14-34)28(37)29(38)35(26)30-33-17-24(41-30)42(39,40)21-9-2-1-3-10-21/h1-3,6-12,15-17,26,37H,4-5,13-14,32H2. The molecule has 1 aromatic heterocycles. The fraction of sp³-hybridized carbons (Fsp3) is 0.167. The number of hydrogen-bond acceptors (Lipinski definition) is 9. The molecule has 214 valence electrons. The third-order valence-electron chi connectivity index (χ3n) is 7.33. The maximum atomic E-state index is 14.3. The van der Waals surface area contributed by atoms with E-state index in [4.69, 9.17) is 17.3 Å². The normalized spacial score (nSPS) is 17.4. The minimum atomic E-state index is -3.92. The summed E-state index contributed by atoms with van der Waals surface area (Å²) in [6.07, 6.45) is 3.10. The first-order valence-corrected chi connectivity index (χ1v) is 15.8. The summed E-state index contributed by atoms with van der Waals surface area (Å²) in [5, 5.41) is 11.6. The van der Waals surface area contributed by atoms with Crippen molar-refractivity contribution in [3.05, 3.63) is 106 Å². The lowest BCUT2D eigenvalue weighted by molar-refractivity contribution is -0.117. The Kier molecular flexibility index (Phi) is 7.25. The molecular weight excluding hydrogens is 596 g/mol. The highest BCUT2D eigenvalue weighted by Crippen LogP contribution is 2.45. The summed E-state index contributed by atoms with van der Waals surface area (Å²) in [5.74, 6) is -2.17. The number of nitrogens with two attached hydrogens (primary N) is 1. The fourth-order valence-corrected chi connectivity index (χ4v) is 8.10. The third kappa shape index (κ3) is 4.83. The Hall–Kier alpha value is -4.19. The van der Waals surface area contributed by atoms with E-state index in [0.29, 0.717) is 27.5 Å². The molecule has 1 atom stereocenters. The summed E-state index contributed by atoms with van der Waals surface area (Å²) >= 11 is 7.09. The number of rotatable bonds is 7. The molecule has 0 aliphatic carbocycles. The topological polar surface area (TPSA) is 134 Å². The zero-order valence-corrected chi connectivity index (χ0v) is 24.5. The molecule has 0 saturated carbocycles. The highest BCUT2D eigenvalue weighted by atomic mass is 35.5. The van der Waals surface area contributed by atoms with Crippen molar-refractivity contribution in [1.29, 1.82) is 0 Å². The number of hydrogen-bond donors (Lipinski definition) is 2. The summed E-state index contributed by atoms with van der Waals surface area (Å²) in [6.45, 7) is 1.49. The van der Waals surface area contributed by atoms with Crippen LogP contribution >= 0.6 is 22.9 Å². The second-order valence-corrected chi connectivity index (χ2v) is 13.6. The van der Waals surface area contributed by atoms with Gasteiger partial charge in [0.1, 0.15) is 4.21 Å². The number of aliphatic hydroxyl groups is 1. The molecular formula is C30H25ClN4O5S2. The Morgan fingerprint density at radius 1 is 1.02 bits per heavy atom. The SMILES string of the molecule is Nc1ccc(C(=O)C2=C(O)C(=O)N(c3ncc(S(=O)(=O)c4ccccc4)s3)C2c2cccc(Cl)c2)c(N2CCCC2)c1. The highest BCUT2D eigenvalue weighted by molar-refractivity contribution is 7.93. The zero-order valence-electron chi connectivity index (χ0n) is 22.1. The molecule has 42 heavy (non-hydrogen) atoms. The van der Waals surface area contributed by atoms with Crippen molar-refractivity contribution in [2.24, 2.45) is 0 Å². The average molecular weight is 621 g/mol. The second-order valence-electron chi connectivity index (χ2n) is 9.97. The Bertz CT molecular complexity index is 1850. The van der Waals surface area contributed by atoms with Gasteiger partial charge in [0.25, 0.3) is 5.91 Å². The largest absolute Gasteiger partial charge is 0.503 e. The van der Waals surface area contributed by atoms with E-state index in [1.165, 1.54) is 18.3 Å². The van der Waals surface area contributed by atoms with Crippen molar-refractivity contribution < 1.29 is 23.1 Å². The highest BCUT2D eigenvalue weighted by Gasteiger charge is 2.46. The van der Waals surface area contributed by atoms with Crippen LogP contribution in [0.15, 0.2) is 99.4 Å². The molecule has 1 fully saturated rings. The molecule has 0 bridgehead atoms. The fourth-order valence-electron chi connectivity index (χ4n) is 5.33. The number of nitrogens with zero attached hydrogens (tertiary/aromatic N) is 3. The molecule has 1 amide bonds. The molecule has 3 heterocycles. The molecule has 2 aliphatic heterocycles. The maximum Gasteiger partial charge on any atom is 0.296 e. The number of aromatic nitrogens is 1. The van der Waals surface area contributed by atoms with Crippen LogP contribution in [0.3, 0.4) is 0 Å². The summed E-state index contributed by atoms with van der Waals surface area (Å²) in [7, 11) is -3.92. The van der Waals surface area contributed by atoms with Crippen LogP contribution in [0.5, 0.6) is 0 Å². The van der Waals surface area contributed by atoms with Gasteiger partial charge in [0.05, 0.1) is 22.7 Å². The Balaban J connectivity index is 1.46. The Labute approximate surface area is 251 Å². The number of carbonyl (C=O) groups is 2. The van der Waals surface area contributed by atoms with Gasteiger partial charge < -0.3 is 15.7 Å². The molecule has 0 spiro atoms. The van der Waals surface area contributed by atoms with Crippen LogP contribution in [-0.4, -0.2) is 43.3 Å². The minimum Gasteiger partial charge on any atom is -0.503 e. The van der Waals surface area contributed by atoms with Gasteiger partial charge in [0.15, 0.2) is 16.7 Å². The lowest BCUT2D eigenvalue weighted by Crippen LogP contribution is -2.31. The monoisotopic (exact) mass is 620 g/mol. The number of anilines is 3. The van der Waals surface area contributed by atoms with E-state index >= 15 is 0 Å². The number of sulfone groups is 1. The van der Waals surface area contributed by atoms with E-state index in [2.05, 4.69) is 9.88 Å². The van der Waals surface area contributed by atoms with Gasteiger partial charge >= 0.3 is 0 Å². The van der Waals surface area contributed by atoms with Crippen LogP contribution < -0.4 is 15.5 Å². The van der Waals surface area contributed by atoms with Crippen LogP contribution in [0.4, 0.5) is 16.5 Å². The van der Waals surface area contributed by atoms with Gasteiger partial charge in [-0.3, -0.25) is 14.5 Å². The van der Waals surface area contributed by atoms with Crippen LogP contribution in [-0.2, 0) is 14.6 Å². The van der Waals surface area contributed by atoms with Crippen LogP contribution in [0.25, 0.3) is 0 Å². The molecule has 4 aromatic rings. The van der Waals surface area contributed by atoms with Gasteiger partial charge in [-0.1, -0.05) is 53.3 Å². The predicted octanol–water partition coefficient (Wildman–Crippen LogP) is 5.59. The van der Waals surface area contributed by atoms with E-state index < -0.39 is 33.3 Å². The quantitative estimate of drug-likeness (QED) is 0.202. The number of ketones is 1. The van der Waals surface area contributed by atoms with Crippen LogP contribution in [0.2, 0.25) is 5.02 Å². The number of carbonyl (C=O) groups excluding carboxylic acids is 2. The first kappa shape index (κ1) is 28.0. The molecule has 12 heteroatoms. The predicted molar refractivity (Wildman–Crippen MR) is 162 cm³/mol. The number of nitrogen functional groups attached to an aromatic ring is 1. The molecule has 0 radical (unpaired) electrons. The summed E-state index contributed by atoms with van der Waals surface area (Å²) < 4.78 is 26.5. The minimum absolute atomic E-state index is 0.00547. The Morgan fingerprint density at radius 3 is 2.48 bits per heavy atom. The van der Waals surface area contributed by atoms with Gasteiger partial charge in [-0.25, -0.2) is 13.4 Å². The van der Waals surface area contributed by atoms with Crippen LogP contribution in [0.1, 0.15) is 34.8 Å². The lowest BCUT2D eigenvalue weighted by Gasteiger charge is -2.26. The summed E-state index contributed by atoms with van der Waals surface area (Å²) in [4.78, 5) is 35.5. The third-order valence-corrected chi connectivity index (χ3v) is 10.8.